The zero-order valence-corrected chi connectivity index (χ0v) is 10.9. The van der Waals surface area contributed by atoms with Crippen molar-refractivity contribution in [1.29, 1.82) is 0 Å². The molecule has 0 aliphatic carbocycles. The summed E-state index contributed by atoms with van der Waals surface area (Å²) in [6, 6.07) is 9.20. The molecule has 1 aliphatic rings. The smallest absolute Gasteiger partial charge is 0.0105 e. The van der Waals surface area contributed by atoms with E-state index < -0.39 is 0 Å². The van der Waals surface area contributed by atoms with Crippen LogP contribution in [0.4, 0.5) is 0 Å². The van der Waals surface area contributed by atoms with Gasteiger partial charge in [0, 0.05) is 13.1 Å². The van der Waals surface area contributed by atoms with Crippen molar-refractivity contribution in [1.82, 2.24) is 4.90 Å². The summed E-state index contributed by atoms with van der Waals surface area (Å²) in [6.45, 7) is 6.46. The van der Waals surface area contributed by atoms with Gasteiger partial charge in [-0.05, 0) is 49.4 Å². The maximum Gasteiger partial charge on any atom is 0.0105 e. The summed E-state index contributed by atoms with van der Waals surface area (Å²) in [5, 5.41) is 0. The fraction of sp³-hybridized carbons (Fsp3) is 0.600. The highest BCUT2D eigenvalue weighted by atomic mass is 15.1. The van der Waals surface area contributed by atoms with Gasteiger partial charge in [0.2, 0.25) is 0 Å². The number of rotatable bonds is 4. The van der Waals surface area contributed by atoms with Crippen molar-refractivity contribution < 1.29 is 0 Å². The molecular weight excluding hydrogens is 208 g/mol. The molecular formula is C15H24N2. The quantitative estimate of drug-likeness (QED) is 0.863. The van der Waals surface area contributed by atoms with Crippen LogP contribution in [0.3, 0.4) is 0 Å². The molecule has 0 amide bonds. The first-order valence-corrected chi connectivity index (χ1v) is 6.84. The van der Waals surface area contributed by atoms with Crippen LogP contribution in [0.15, 0.2) is 24.3 Å². The predicted molar refractivity (Wildman–Crippen MR) is 73.3 cm³/mol. The van der Waals surface area contributed by atoms with Crippen LogP contribution in [-0.4, -0.2) is 31.1 Å². The van der Waals surface area contributed by atoms with E-state index in [0.29, 0.717) is 0 Å². The van der Waals surface area contributed by atoms with Crippen LogP contribution in [0, 0.1) is 0 Å². The number of nitrogens with zero attached hydrogens (tertiary/aromatic N) is 1. The van der Waals surface area contributed by atoms with Crippen molar-refractivity contribution in [3.63, 3.8) is 0 Å². The highest BCUT2D eigenvalue weighted by Crippen LogP contribution is 2.27. The van der Waals surface area contributed by atoms with Crippen LogP contribution < -0.4 is 5.73 Å². The predicted octanol–water partition coefficient (Wildman–Crippen LogP) is 2.39. The summed E-state index contributed by atoms with van der Waals surface area (Å²) >= 11 is 0. The minimum Gasteiger partial charge on any atom is -0.329 e. The standard InChI is InChI=1S/C15H24N2/c1-2-13-3-5-14(6-4-13)15-7-10-17(11-8-15)12-9-16/h3-6,15H,2,7-12,16H2,1H3. The van der Waals surface area contributed by atoms with Crippen LogP contribution >= 0.6 is 0 Å². The van der Waals surface area contributed by atoms with E-state index in [1.807, 2.05) is 0 Å². The van der Waals surface area contributed by atoms with Gasteiger partial charge in [-0.2, -0.15) is 0 Å². The molecule has 1 fully saturated rings. The van der Waals surface area contributed by atoms with Gasteiger partial charge in [-0.3, -0.25) is 0 Å². The van der Waals surface area contributed by atoms with Crippen molar-refractivity contribution in [2.24, 2.45) is 5.73 Å². The molecule has 2 heteroatoms. The first-order valence-electron chi connectivity index (χ1n) is 6.84. The number of hydrogen-bond acceptors (Lipinski definition) is 2. The molecule has 17 heavy (non-hydrogen) atoms. The van der Waals surface area contributed by atoms with Crippen molar-refractivity contribution in [3.8, 4) is 0 Å². The molecule has 0 aromatic heterocycles. The lowest BCUT2D eigenvalue weighted by Gasteiger charge is -2.31. The topological polar surface area (TPSA) is 29.3 Å². The normalized spacial score (nSPS) is 18.5. The third-order valence-electron chi connectivity index (χ3n) is 3.89. The van der Waals surface area contributed by atoms with Gasteiger partial charge in [0.15, 0.2) is 0 Å². The third-order valence-corrected chi connectivity index (χ3v) is 3.89. The zero-order valence-electron chi connectivity index (χ0n) is 10.9. The number of aryl methyl sites for hydroxylation is 1. The Morgan fingerprint density at radius 1 is 1.18 bits per heavy atom. The van der Waals surface area contributed by atoms with Gasteiger partial charge < -0.3 is 10.6 Å². The molecule has 0 spiro atoms. The van der Waals surface area contributed by atoms with Gasteiger partial charge in [0.05, 0.1) is 0 Å². The maximum absolute atomic E-state index is 5.60. The van der Waals surface area contributed by atoms with E-state index >= 15 is 0 Å². The molecule has 2 nitrogen and oxygen atoms in total. The maximum atomic E-state index is 5.60. The molecule has 0 unspecified atom stereocenters. The van der Waals surface area contributed by atoms with Crippen LogP contribution in [0.5, 0.6) is 0 Å². The summed E-state index contributed by atoms with van der Waals surface area (Å²) < 4.78 is 0. The number of likely N-dealkylation sites (tertiary alicyclic amines) is 1. The van der Waals surface area contributed by atoms with Crippen LogP contribution in [0.25, 0.3) is 0 Å². The van der Waals surface area contributed by atoms with E-state index in [1.54, 1.807) is 0 Å². The highest BCUT2D eigenvalue weighted by Gasteiger charge is 2.19. The van der Waals surface area contributed by atoms with Crippen molar-refractivity contribution in [2.45, 2.75) is 32.1 Å². The Bertz CT molecular complexity index is 323. The molecule has 94 valence electrons. The second-order valence-corrected chi connectivity index (χ2v) is 5.00. The largest absolute Gasteiger partial charge is 0.329 e. The molecule has 0 saturated carbocycles. The van der Waals surface area contributed by atoms with Crippen LogP contribution in [0.2, 0.25) is 0 Å². The Kier molecular flexibility index (Phi) is 4.57. The van der Waals surface area contributed by atoms with Gasteiger partial charge in [0.25, 0.3) is 0 Å². The molecule has 2 rings (SSSR count). The van der Waals surface area contributed by atoms with Crippen molar-refractivity contribution in [3.05, 3.63) is 35.4 Å². The number of nitrogens with two attached hydrogens (primary N) is 1. The SMILES string of the molecule is CCc1ccc(C2CCN(CCN)CC2)cc1. The van der Waals surface area contributed by atoms with E-state index in [2.05, 4.69) is 36.1 Å². The van der Waals surface area contributed by atoms with Crippen LogP contribution in [0.1, 0.15) is 36.8 Å². The summed E-state index contributed by atoms with van der Waals surface area (Å²) in [4.78, 5) is 2.48. The molecule has 1 saturated heterocycles. The molecule has 1 aromatic rings. The number of piperidine rings is 1. The van der Waals surface area contributed by atoms with Crippen molar-refractivity contribution in [2.75, 3.05) is 26.2 Å². The van der Waals surface area contributed by atoms with E-state index in [9.17, 15) is 0 Å². The van der Waals surface area contributed by atoms with Crippen molar-refractivity contribution >= 4 is 0 Å². The van der Waals surface area contributed by atoms with Gasteiger partial charge in [-0.1, -0.05) is 31.2 Å². The lowest BCUT2D eigenvalue weighted by atomic mass is 9.89. The van der Waals surface area contributed by atoms with Crippen LogP contribution in [-0.2, 0) is 6.42 Å². The molecule has 1 heterocycles. The van der Waals surface area contributed by atoms with Gasteiger partial charge >= 0.3 is 0 Å². The summed E-state index contributed by atoms with van der Waals surface area (Å²) in [6.07, 6.45) is 3.70. The first kappa shape index (κ1) is 12.6. The Morgan fingerprint density at radius 3 is 2.35 bits per heavy atom. The lowest BCUT2D eigenvalue weighted by Crippen LogP contribution is -2.36. The van der Waals surface area contributed by atoms with Gasteiger partial charge in [-0.25, -0.2) is 0 Å². The monoisotopic (exact) mass is 232 g/mol. The summed E-state index contributed by atoms with van der Waals surface area (Å²) in [5.74, 6) is 0.759. The second-order valence-electron chi connectivity index (χ2n) is 5.00. The minimum atomic E-state index is 0.759. The number of hydrogen-bond donors (Lipinski definition) is 1. The lowest BCUT2D eigenvalue weighted by molar-refractivity contribution is 0.218. The Morgan fingerprint density at radius 2 is 1.82 bits per heavy atom. The zero-order chi connectivity index (χ0) is 12.1. The van der Waals surface area contributed by atoms with Gasteiger partial charge in [-0.15, -0.1) is 0 Å². The molecule has 0 bridgehead atoms. The fourth-order valence-corrected chi connectivity index (χ4v) is 2.70. The molecule has 0 radical (unpaired) electrons. The fourth-order valence-electron chi connectivity index (χ4n) is 2.70. The minimum absolute atomic E-state index is 0.759. The summed E-state index contributed by atoms with van der Waals surface area (Å²) in [5.41, 5.74) is 8.56. The molecule has 2 N–H and O–H groups in total. The Hall–Kier alpha value is -0.860. The Labute approximate surface area is 105 Å². The number of benzene rings is 1. The first-order chi connectivity index (χ1) is 8.33. The average molecular weight is 232 g/mol. The van der Waals surface area contributed by atoms with Gasteiger partial charge in [0.1, 0.15) is 0 Å². The molecule has 1 aliphatic heterocycles. The molecule has 0 atom stereocenters. The average Bonchev–Trinajstić information content (AvgIpc) is 2.40. The second kappa shape index (κ2) is 6.18. The molecule has 1 aromatic carbocycles. The third kappa shape index (κ3) is 3.30. The van der Waals surface area contributed by atoms with E-state index in [1.165, 1.54) is 37.1 Å². The van der Waals surface area contributed by atoms with E-state index in [-0.39, 0.29) is 0 Å². The highest BCUT2D eigenvalue weighted by molar-refractivity contribution is 5.25. The van der Waals surface area contributed by atoms with E-state index in [4.69, 9.17) is 5.73 Å². The summed E-state index contributed by atoms with van der Waals surface area (Å²) in [7, 11) is 0. The van der Waals surface area contributed by atoms with E-state index in [0.717, 1.165) is 25.4 Å². The Balaban J connectivity index is 1.91.